The van der Waals surface area contributed by atoms with Crippen molar-refractivity contribution in [2.75, 3.05) is 13.1 Å². The molecule has 16 heavy (non-hydrogen) atoms. The number of nitrogens with one attached hydrogen (secondary N) is 1. The molecular formula is C12H20N4. The van der Waals surface area contributed by atoms with Crippen LogP contribution in [0.5, 0.6) is 0 Å². The molecule has 4 nitrogen and oxygen atoms in total. The zero-order valence-electron chi connectivity index (χ0n) is 9.89. The van der Waals surface area contributed by atoms with Crippen LogP contribution >= 0.6 is 0 Å². The van der Waals surface area contributed by atoms with E-state index in [-0.39, 0.29) is 0 Å². The molecule has 1 aromatic heterocycles. The van der Waals surface area contributed by atoms with Gasteiger partial charge < -0.3 is 5.32 Å². The Morgan fingerprint density at radius 3 is 3.12 bits per heavy atom. The van der Waals surface area contributed by atoms with E-state index >= 15 is 0 Å². The van der Waals surface area contributed by atoms with Crippen molar-refractivity contribution in [1.29, 1.82) is 0 Å². The standard InChI is InChI=1S/C12H20N4/c1-16-12(14-10-15-16)7-8-13-9-11-5-3-2-4-6-11/h2-3,10-11,13H,4-9H2,1H3. The van der Waals surface area contributed by atoms with Crippen LogP contribution in [-0.2, 0) is 13.5 Å². The van der Waals surface area contributed by atoms with E-state index in [0.29, 0.717) is 0 Å². The van der Waals surface area contributed by atoms with Crippen LogP contribution in [0.2, 0.25) is 0 Å². The molecule has 1 aromatic rings. The van der Waals surface area contributed by atoms with Crippen LogP contribution in [-0.4, -0.2) is 27.9 Å². The third-order valence-electron chi connectivity index (χ3n) is 3.14. The number of rotatable bonds is 5. The number of aromatic nitrogens is 3. The lowest BCUT2D eigenvalue weighted by Crippen LogP contribution is -2.26. The van der Waals surface area contributed by atoms with Crippen molar-refractivity contribution in [2.24, 2.45) is 13.0 Å². The second-order valence-electron chi connectivity index (χ2n) is 4.40. The Labute approximate surface area is 96.8 Å². The van der Waals surface area contributed by atoms with Gasteiger partial charge in [0.2, 0.25) is 0 Å². The summed E-state index contributed by atoms with van der Waals surface area (Å²) in [6.45, 7) is 2.12. The minimum Gasteiger partial charge on any atom is -0.316 e. The largest absolute Gasteiger partial charge is 0.316 e. The fourth-order valence-electron chi connectivity index (χ4n) is 2.09. The monoisotopic (exact) mass is 220 g/mol. The summed E-state index contributed by atoms with van der Waals surface area (Å²) >= 11 is 0. The molecule has 2 rings (SSSR count). The van der Waals surface area contributed by atoms with Crippen LogP contribution in [0.25, 0.3) is 0 Å². The first-order valence-corrected chi connectivity index (χ1v) is 6.05. The highest BCUT2D eigenvalue weighted by Crippen LogP contribution is 2.16. The molecular weight excluding hydrogens is 200 g/mol. The topological polar surface area (TPSA) is 42.7 Å². The van der Waals surface area contributed by atoms with Gasteiger partial charge in [0.15, 0.2) is 0 Å². The van der Waals surface area contributed by atoms with E-state index in [1.807, 2.05) is 11.7 Å². The highest BCUT2D eigenvalue weighted by molar-refractivity contribution is 4.91. The van der Waals surface area contributed by atoms with Crippen LogP contribution in [0.15, 0.2) is 18.5 Å². The molecule has 1 aliphatic carbocycles. The van der Waals surface area contributed by atoms with Crippen LogP contribution in [0.3, 0.4) is 0 Å². The first-order chi connectivity index (χ1) is 7.86. The summed E-state index contributed by atoms with van der Waals surface area (Å²) in [6, 6.07) is 0. The van der Waals surface area contributed by atoms with Crippen molar-refractivity contribution in [3.8, 4) is 0 Å². The molecule has 1 N–H and O–H groups in total. The summed E-state index contributed by atoms with van der Waals surface area (Å²) in [5.74, 6) is 1.88. The van der Waals surface area contributed by atoms with Crippen molar-refractivity contribution in [2.45, 2.75) is 25.7 Å². The number of nitrogens with zero attached hydrogens (tertiary/aromatic N) is 3. The Morgan fingerprint density at radius 2 is 2.44 bits per heavy atom. The van der Waals surface area contributed by atoms with Gasteiger partial charge >= 0.3 is 0 Å². The second-order valence-corrected chi connectivity index (χ2v) is 4.40. The molecule has 0 aliphatic heterocycles. The van der Waals surface area contributed by atoms with Crippen molar-refractivity contribution in [3.63, 3.8) is 0 Å². The first-order valence-electron chi connectivity index (χ1n) is 6.05. The summed E-state index contributed by atoms with van der Waals surface area (Å²) in [4.78, 5) is 4.20. The predicted molar refractivity (Wildman–Crippen MR) is 64.1 cm³/mol. The smallest absolute Gasteiger partial charge is 0.138 e. The quantitative estimate of drug-likeness (QED) is 0.601. The van der Waals surface area contributed by atoms with E-state index in [2.05, 4.69) is 27.6 Å². The summed E-state index contributed by atoms with van der Waals surface area (Å²) in [5, 5.41) is 7.56. The summed E-state index contributed by atoms with van der Waals surface area (Å²) < 4.78 is 1.84. The van der Waals surface area contributed by atoms with Gasteiger partial charge in [0.05, 0.1) is 0 Å². The number of allylic oxidation sites excluding steroid dienone is 2. The van der Waals surface area contributed by atoms with Gasteiger partial charge in [0.1, 0.15) is 12.2 Å². The zero-order valence-corrected chi connectivity index (χ0v) is 9.89. The van der Waals surface area contributed by atoms with Crippen LogP contribution in [0.1, 0.15) is 25.1 Å². The molecule has 0 saturated carbocycles. The number of hydrogen-bond acceptors (Lipinski definition) is 3. The lowest BCUT2D eigenvalue weighted by molar-refractivity contribution is 0.440. The molecule has 4 heteroatoms. The Bertz CT molecular complexity index is 343. The Morgan fingerprint density at radius 1 is 1.50 bits per heavy atom. The highest BCUT2D eigenvalue weighted by Gasteiger charge is 2.08. The average molecular weight is 220 g/mol. The van der Waals surface area contributed by atoms with Gasteiger partial charge in [-0.1, -0.05) is 12.2 Å². The van der Waals surface area contributed by atoms with Crippen molar-refractivity contribution in [3.05, 3.63) is 24.3 Å². The van der Waals surface area contributed by atoms with Gasteiger partial charge in [-0.25, -0.2) is 4.98 Å². The van der Waals surface area contributed by atoms with Crippen LogP contribution < -0.4 is 5.32 Å². The normalized spacial score (nSPS) is 20.2. The van der Waals surface area contributed by atoms with Crippen molar-refractivity contribution in [1.82, 2.24) is 20.1 Å². The predicted octanol–water partition coefficient (Wildman–Crippen LogP) is 1.30. The molecule has 0 saturated heterocycles. The summed E-state index contributed by atoms with van der Waals surface area (Å²) in [7, 11) is 1.94. The number of hydrogen-bond donors (Lipinski definition) is 1. The van der Waals surface area contributed by atoms with E-state index in [1.165, 1.54) is 19.3 Å². The molecule has 88 valence electrons. The highest BCUT2D eigenvalue weighted by atomic mass is 15.3. The van der Waals surface area contributed by atoms with E-state index in [0.717, 1.165) is 31.3 Å². The molecule has 0 bridgehead atoms. The Hall–Kier alpha value is -1.16. The third kappa shape index (κ3) is 3.17. The molecule has 0 fully saturated rings. The minimum atomic E-state index is 0.824. The molecule has 0 amide bonds. The van der Waals surface area contributed by atoms with E-state index < -0.39 is 0 Å². The SMILES string of the molecule is Cn1ncnc1CCNCC1CC=CCC1. The molecule has 1 atom stereocenters. The molecule has 0 radical (unpaired) electrons. The van der Waals surface area contributed by atoms with Gasteiger partial charge in [-0.05, 0) is 31.7 Å². The Kier molecular flexibility index (Phi) is 4.10. The molecule has 1 heterocycles. The van der Waals surface area contributed by atoms with Crippen LogP contribution in [0.4, 0.5) is 0 Å². The maximum absolute atomic E-state index is 4.20. The van der Waals surface area contributed by atoms with Crippen LogP contribution in [0, 0.1) is 5.92 Å². The molecule has 0 aromatic carbocycles. The number of aryl methyl sites for hydroxylation is 1. The van der Waals surface area contributed by atoms with E-state index in [4.69, 9.17) is 0 Å². The average Bonchev–Trinajstić information content (AvgIpc) is 2.72. The zero-order chi connectivity index (χ0) is 11.2. The fourth-order valence-corrected chi connectivity index (χ4v) is 2.09. The van der Waals surface area contributed by atoms with E-state index in [1.54, 1.807) is 6.33 Å². The maximum Gasteiger partial charge on any atom is 0.138 e. The molecule has 1 unspecified atom stereocenters. The lowest BCUT2D eigenvalue weighted by atomic mass is 9.94. The van der Waals surface area contributed by atoms with Gasteiger partial charge in [-0.3, -0.25) is 4.68 Å². The third-order valence-corrected chi connectivity index (χ3v) is 3.14. The molecule has 0 spiro atoms. The summed E-state index contributed by atoms with van der Waals surface area (Å²) in [6.07, 6.45) is 11.0. The van der Waals surface area contributed by atoms with Gasteiger partial charge in [0.25, 0.3) is 0 Å². The van der Waals surface area contributed by atoms with Gasteiger partial charge in [-0.2, -0.15) is 5.10 Å². The Balaban J connectivity index is 1.62. The fraction of sp³-hybridized carbons (Fsp3) is 0.667. The van der Waals surface area contributed by atoms with E-state index in [9.17, 15) is 0 Å². The minimum absolute atomic E-state index is 0.824. The summed E-state index contributed by atoms with van der Waals surface area (Å²) in [5.41, 5.74) is 0. The maximum atomic E-state index is 4.20. The first kappa shape index (κ1) is 11.3. The second kappa shape index (κ2) is 5.80. The van der Waals surface area contributed by atoms with Gasteiger partial charge in [0, 0.05) is 20.0 Å². The lowest BCUT2D eigenvalue weighted by Gasteiger charge is -2.17. The van der Waals surface area contributed by atoms with Crippen molar-refractivity contribution < 1.29 is 0 Å². The van der Waals surface area contributed by atoms with Crippen molar-refractivity contribution >= 4 is 0 Å². The molecule has 1 aliphatic rings. The van der Waals surface area contributed by atoms with Gasteiger partial charge in [-0.15, -0.1) is 0 Å².